The summed E-state index contributed by atoms with van der Waals surface area (Å²) in [5.74, 6) is -2.04. The Hall–Kier alpha value is -0.780. The lowest BCUT2D eigenvalue weighted by Crippen LogP contribution is -1.99. The van der Waals surface area contributed by atoms with Crippen LogP contribution in [0.4, 0.5) is 22.0 Å². The highest BCUT2D eigenvalue weighted by Gasteiger charge is 2.29. The fourth-order valence-electron chi connectivity index (χ4n) is 0.721. The Labute approximate surface area is 74.7 Å². The minimum atomic E-state index is -4.53. The molecule has 0 aliphatic rings. The smallest absolute Gasteiger partial charge is 0.207 e. The Balaban J connectivity index is 2.90. The Morgan fingerprint density at radius 1 is 0.923 bits per heavy atom. The fraction of sp³-hybridized carbons (Fsp3) is 0.143. The average molecular weight is 214 g/mol. The molecular formula is C7H3F5S. The molecule has 0 aliphatic carbocycles. The predicted molar refractivity (Wildman–Crippen MR) is 38.3 cm³/mol. The highest BCUT2D eigenvalue weighted by atomic mass is 32.2. The van der Waals surface area contributed by atoms with Crippen LogP contribution in [0.2, 0.25) is 0 Å². The van der Waals surface area contributed by atoms with Crippen LogP contribution < -0.4 is 0 Å². The molecule has 0 nitrogen and oxygen atoms in total. The van der Waals surface area contributed by atoms with Crippen molar-refractivity contribution in [3.05, 3.63) is 29.8 Å². The molecule has 0 fully saturated rings. The van der Waals surface area contributed by atoms with Crippen LogP contribution in [0.25, 0.3) is 0 Å². The molecule has 6 heteroatoms. The quantitative estimate of drug-likeness (QED) is 0.508. The van der Waals surface area contributed by atoms with E-state index in [0.29, 0.717) is 18.2 Å². The third-order valence-corrected chi connectivity index (χ3v) is 1.77. The Morgan fingerprint density at radius 2 is 1.38 bits per heavy atom. The number of halogens is 5. The molecule has 0 amide bonds. The highest BCUT2D eigenvalue weighted by Crippen LogP contribution is 2.37. The minimum Gasteiger partial charge on any atom is -0.207 e. The minimum absolute atomic E-state index is 0.495. The molecule has 1 rings (SSSR count). The first-order valence-corrected chi connectivity index (χ1v) is 3.90. The molecule has 0 unspecified atom stereocenters. The van der Waals surface area contributed by atoms with Crippen molar-refractivity contribution in [3.8, 4) is 0 Å². The first-order chi connectivity index (χ1) is 5.87. The van der Waals surface area contributed by atoms with E-state index in [0.717, 1.165) is 0 Å². The number of benzene rings is 1. The number of alkyl halides is 3. The summed E-state index contributed by atoms with van der Waals surface area (Å²) in [5, 5.41) is 0. The van der Waals surface area contributed by atoms with Gasteiger partial charge >= 0.3 is 5.51 Å². The van der Waals surface area contributed by atoms with E-state index in [1.54, 1.807) is 0 Å². The molecule has 0 N–H and O–H groups in total. The van der Waals surface area contributed by atoms with E-state index in [2.05, 4.69) is 0 Å². The first kappa shape index (κ1) is 10.3. The third-order valence-electron chi connectivity index (χ3n) is 1.07. The topological polar surface area (TPSA) is 0 Å². The van der Waals surface area contributed by atoms with Crippen molar-refractivity contribution in [2.24, 2.45) is 0 Å². The molecule has 0 aromatic heterocycles. The average Bonchev–Trinajstić information content (AvgIpc) is 1.78. The number of hydrogen-bond acceptors (Lipinski definition) is 1. The normalized spacial score (nSPS) is 11.8. The van der Waals surface area contributed by atoms with Crippen LogP contribution in [0.15, 0.2) is 23.1 Å². The van der Waals surface area contributed by atoms with Gasteiger partial charge in [0.15, 0.2) is 0 Å². The van der Waals surface area contributed by atoms with Crippen molar-refractivity contribution < 1.29 is 22.0 Å². The molecule has 1 aromatic rings. The molecule has 0 saturated carbocycles. The van der Waals surface area contributed by atoms with E-state index < -0.39 is 33.8 Å². The molecule has 0 heterocycles. The van der Waals surface area contributed by atoms with E-state index >= 15 is 0 Å². The molecular weight excluding hydrogens is 211 g/mol. The Bertz CT molecular complexity index is 286. The molecule has 0 radical (unpaired) electrons. The lowest BCUT2D eigenvalue weighted by Gasteiger charge is -2.04. The van der Waals surface area contributed by atoms with E-state index in [1.807, 2.05) is 0 Å². The summed E-state index contributed by atoms with van der Waals surface area (Å²) in [6, 6.07) is 1.77. The van der Waals surface area contributed by atoms with E-state index in [4.69, 9.17) is 0 Å². The van der Waals surface area contributed by atoms with Crippen LogP contribution in [0, 0.1) is 11.6 Å². The van der Waals surface area contributed by atoms with Gasteiger partial charge in [0, 0.05) is 11.0 Å². The van der Waals surface area contributed by atoms with Gasteiger partial charge in [-0.2, -0.15) is 13.2 Å². The van der Waals surface area contributed by atoms with E-state index in [9.17, 15) is 22.0 Å². The standard InChI is InChI=1S/C7H3F5S/c8-4-1-5(9)3-6(2-4)13-7(10,11)12/h1-3H. The van der Waals surface area contributed by atoms with Crippen molar-refractivity contribution in [2.75, 3.05) is 0 Å². The van der Waals surface area contributed by atoms with Gasteiger partial charge in [0.05, 0.1) is 0 Å². The zero-order valence-electron chi connectivity index (χ0n) is 6.03. The van der Waals surface area contributed by atoms with Gasteiger partial charge in [-0.1, -0.05) is 0 Å². The summed E-state index contributed by atoms with van der Waals surface area (Å²) in [5.41, 5.74) is -4.53. The Morgan fingerprint density at radius 3 is 1.77 bits per heavy atom. The number of thioether (sulfide) groups is 1. The maximum atomic E-state index is 12.4. The fourth-order valence-corrected chi connectivity index (χ4v) is 1.33. The maximum absolute atomic E-state index is 12.4. The molecule has 13 heavy (non-hydrogen) atoms. The zero-order valence-corrected chi connectivity index (χ0v) is 6.85. The number of rotatable bonds is 1. The van der Waals surface area contributed by atoms with Gasteiger partial charge in [0.2, 0.25) is 0 Å². The van der Waals surface area contributed by atoms with Crippen LogP contribution in [0.1, 0.15) is 0 Å². The maximum Gasteiger partial charge on any atom is 0.446 e. The lowest BCUT2D eigenvalue weighted by atomic mass is 10.3. The third kappa shape index (κ3) is 3.63. The monoisotopic (exact) mass is 214 g/mol. The van der Waals surface area contributed by atoms with E-state index in [1.165, 1.54) is 0 Å². The second-order valence-corrected chi connectivity index (χ2v) is 3.29. The summed E-state index contributed by atoms with van der Waals surface area (Å²) < 4.78 is 59.9. The van der Waals surface area contributed by atoms with Crippen molar-refractivity contribution in [1.29, 1.82) is 0 Å². The number of hydrogen-bond donors (Lipinski definition) is 0. The molecule has 0 atom stereocenters. The van der Waals surface area contributed by atoms with Gasteiger partial charge in [0.1, 0.15) is 11.6 Å². The second kappa shape index (κ2) is 3.53. The Kier molecular flexibility index (Phi) is 2.80. The van der Waals surface area contributed by atoms with Crippen LogP contribution in [0.3, 0.4) is 0 Å². The largest absolute Gasteiger partial charge is 0.446 e. The van der Waals surface area contributed by atoms with Gasteiger partial charge in [-0.3, -0.25) is 0 Å². The first-order valence-electron chi connectivity index (χ1n) is 3.09. The molecule has 0 spiro atoms. The molecule has 0 bridgehead atoms. The van der Waals surface area contributed by atoms with Crippen molar-refractivity contribution in [2.45, 2.75) is 10.4 Å². The van der Waals surface area contributed by atoms with Gasteiger partial charge in [-0.05, 0) is 23.9 Å². The molecule has 0 saturated heterocycles. The van der Waals surface area contributed by atoms with Crippen molar-refractivity contribution >= 4 is 11.8 Å². The predicted octanol–water partition coefficient (Wildman–Crippen LogP) is 3.58. The van der Waals surface area contributed by atoms with E-state index in [-0.39, 0.29) is 0 Å². The second-order valence-electron chi connectivity index (χ2n) is 2.15. The van der Waals surface area contributed by atoms with Crippen LogP contribution >= 0.6 is 11.8 Å². The zero-order chi connectivity index (χ0) is 10.1. The molecule has 0 aliphatic heterocycles. The molecule has 1 aromatic carbocycles. The van der Waals surface area contributed by atoms with Crippen molar-refractivity contribution in [3.63, 3.8) is 0 Å². The SMILES string of the molecule is Fc1cc(F)cc(SC(F)(F)F)c1. The van der Waals surface area contributed by atoms with Crippen LogP contribution in [-0.2, 0) is 0 Å². The van der Waals surface area contributed by atoms with Crippen LogP contribution in [0.5, 0.6) is 0 Å². The summed E-state index contributed by atoms with van der Waals surface area (Å²) >= 11 is -0.551. The highest BCUT2D eigenvalue weighted by molar-refractivity contribution is 8.00. The summed E-state index contributed by atoms with van der Waals surface area (Å²) in [6.07, 6.45) is 0. The van der Waals surface area contributed by atoms with Crippen LogP contribution in [-0.4, -0.2) is 5.51 Å². The van der Waals surface area contributed by atoms with Crippen molar-refractivity contribution in [1.82, 2.24) is 0 Å². The molecule has 72 valence electrons. The summed E-state index contributed by atoms with van der Waals surface area (Å²) in [7, 11) is 0. The van der Waals surface area contributed by atoms with Gasteiger partial charge in [-0.25, -0.2) is 8.78 Å². The summed E-state index contributed by atoms with van der Waals surface area (Å²) in [6.45, 7) is 0. The lowest BCUT2D eigenvalue weighted by molar-refractivity contribution is -0.0328. The van der Waals surface area contributed by atoms with Gasteiger partial charge < -0.3 is 0 Å². The summed E-state index contributed by atoms with van der Waals surface area (Å²) in [4.78, 5) is -0.495. The van der Waals surface area contributed by atoms with Gasteiger partial charge in [0.25, 0.3) is 0 Å². The van der Waals surface area contributed by atoms with Gasteiger partial charge in [-0.15, -0.1) is 0 Å².